The van der Waals surface area contributed by atoms with Crippen LogP contribution in [0.2, 0.25) is 0 Å². The average molecular weight is 326 g/mol. The Balaban J connectivity index is 2.24. The second-order valence-corrected chi connectivity index (χ2v) is 5.26. The van der Waals surface area contributed by atoms with Crippen LogP contribution in [0.3, 0.4) is 0 Å². The standard InChI is InChI=1S/C16H26N2O5/c1-12(9-16(17)20)18-10-13(19)11-23-15-5-3-14(4-6-15)22-8-7-21-2/h3-6,12-13,18-19H,7-11H2,1-2H3,(H2,17,20). The number of benzene rings is 1. The minimum atomic E-state index is -0.678. The number of ether oxygens (including phenoxy) is 3. The Morgan fingerprint density at radius 2 is 1.83 bits per heavy atom. The second kappa shape index (κ2) is 10.8. The predicted octanol–water partition coefficient (Wildman–Crippen LogP) is 0.305. The minimum Gasteiger partial charge on any atom is -0.491 e. The van der Waals surface area contributed by atoms with Gasteiger partial charge in [0.25, 0.3) is 0 Å². The van der Waals surface area contributed by atoms with Crippen LogP contribution >= 0.6 is 0 Å². The largest absolute Gasteiger partial charge is 0.491 e. The molecule has 7 heteroatoms. The summed E-state index contributed by atoms with van der Waals surface area (Å²) in [6.45, 7) is 3.34. The molecule has 1 rings (SSSR count). The topological polar surface area (TPSA) is 103 Å². The van der Waals surface area contributed by atoms with Crippen molar-refractivity contribution in [1.82, 2.24) is 5.32 Å². The molecule has 0 heterocycles. The SMILES string of the molecule is COCCOc1ccc(OCC(O)CNC(C)CC(N)=O)cc1. The van der Waals surface area contributed by atoms with E-state index in [2.05, 4.69) is 5.32 Å². The lowest BCUT2D eigenvalue weighted by Gasteiger charge is -2.16. The molecule has 0 aliphatic carbocycles. The summed E-state index contributed by atoms with van der Waals surface area (Å²) in [6, 6.07) is 7.07. The van der Waals surface area contributed by atoms with Gasteiger partial charge in [-0.3, -0.25) is 4.79 Å². The van der Waals surface area contributed by atoms with Crippen molar-refractivity contribution in [3.8, 4) is 11.5 Å². The first-order valence-electron chi connectivity index (χ1n) is 7.55. The van der Waals surface area contributed by atoms with E-state index in [4.69, 9.17) is 19.9 Å². The number of aliphatic hydroxyl groups is 1. The lowest BCUT2D eigenvalue weighted by molar-refractivity contribution is -0.118. The van der Waals surface area contributed by atoms with Crippen LogP contribution in [-0.4, -0.2) is 56.6 Å². The number of methoxy groups -OCH3 is 1. The van der Waals surface area contributed by atoms with Crippen LogP contribution in [0, 0.1) is 0 Å². The summed E-state index contributed by atoms with van der Waals surface area (Å²) in [5.41, 5.74) is 5.10. The molecule has 0 spiro atoms. The molecule has 0 aromatic heterocycles. The van der Waals surface area contributed by atoms with Crippen LogP contribution in [0.1, 0.15) is 13.3 Å². The lowest BCUT2D eigenvalue weighted by Crippen LogP contribution is -2.38. The van der Waals surface area contributed by atoms with Gasteiger partial charge in [0.1, 0.15) is 30.8 Å². The first kappa shape index (κ1) is 19.2. The highest BCUT2D eigenvalue weighted by Crippen LogP contribution is 2.17. The Morgan fingerprint density at radius 3 is 2.39 bits per heavy atom. The zero-order chi connectivity index (χ0) is 17.1. The molecule has 2 unspecified atom stereocenters. The molecule has 2 atom stereocenters. The number of hydrogen-bond donors (Lipinski definition) is 3. The molecule has 4 N–H and O–H groups in total. The average Bonchev–Trinajstić information content (AvgIpc) is 2.52. The van der Waals surface area contributed by atoms with Crippen molar-refractivity contribution < 1.29 is 24.1 Å². The molecule has 0 saturated heterocycles. The van der Waals surface area contributed by atoms with Gasteiger partial charge in [-0.25, -0.2) is 0 Å². The summed E-state index contributed by atoms with van der Waals surface area (Å²) < 4.78 is 15.8. The molecule has 23 heavy (non-hydrogen) atoms. The first-order valence-corrected chi connectivity index (χ1v) is 7.55. The molecule has 0 radical (unpaired) electrons. The number of aliphatic hydroxyl groups excluding tert-OH is 1. The van der Waals surface area contributed by atoms with Crippen LogP contribution in [0.4, 0.5) is 0 Å². The van der Waals surface area contributed by atoms with Crippen molar-refractivity contribution in [2.45, 2.75) is 25.5 Å². The molecule has 1 aromatic rings. The van der Waals surface area contributed by atoms with Gasteiger partial charge in [0.05, 0.1) is 6.61 Å². The highest BCUT2D eigenvalue weighted by molar-refractivity contribution is 5.74. The van der Waals surface area contributed by atoms with Gasteiger partial charge in [-0.1, -0.05) is 0 Å². The molecule has 0 saturated carbocycles. The van der Waals surface area contributed by atoms with Crippen LogP contribution in [0.5, 0.6) is 11.5 Å². The van der Waals surface area contributed by atoms with E-state index >= 15 is 0 Å². The predicted molar refractivity (Wildman–Crippen MR) is 86.6 cm³/mol. The third-order valence-corrected chi connectivity index (χ3v) is 3.03. The number of nitrogens with one attached hydrogen (secondary N) is 1. The summed E-state index contributed by atoms with van der Waals surface area (Å²) in [5, 5.41) is 12.9. The highest BCUT2D eigenvalue weighted by Gasteiger charge is 2.10. The van der Waals surface area contributed by atoms with Gasteiger partial charge in [0.15, 0.2) is 0 Å². The van der Waals surface area contributed by atoms with Gasteiger partial charge in [-0.2, -0.15) is 0 Å². The van der Waals surface area contributed by atoms with E-state index in [0.29, 0.717) is 25.5 Å². The van der Waals surface area contributed by atoms with Crippen molar-refractivity contribution in [3.05, 3.63) is 24.3 Å². The molecule has 0 bridgehead atoms. The smallest absolute Gasteiger partial charge is 0.218 e. The molecule has 0 fully saturated rings. The van der Waals surface area contributed by atoms with E-state index in [1.807, 2.05) is 6.92 Å². The minimum absolute atomic E-state index is 0.0781. The number of hydrogen-bond acceptors (Lipinski definition) is 6. The van der Waals surface area contributed by atoms with Crippen LogP contribution in [-0.2, 0) is 9.53 Å². The van der Waals surface area contributed by atoms with E-state index in [1.165, 1.54) is 0 Å². The molecular weight excluding hydrogens is 300 g/mol. The van der Waals surface area contributed by atoms with Gasteiger partial charge in [-0.05, 0) is 31.2 Å². The second-order valence-electron chi connectivity index (χ2n) is 5.26. The number of carbonyl (C=O) groups is 1. The summed E-state index contributed by atoms with van der Waals surface area (Å²) >= 11 is 0. The van der Waals surface area contributed by atoms with Crippen molar-refractivity contribution >= 4 is 5.91 Å². The molecule has 1 amide bonds. The van der Waals surface area contributed by atoms with Crippen LogP contribution < -0.4 is 20.5 Å². The Kier molecular flexibility index (Phi) is 9.04. The normalized spacial score (nSPS) is 13.3. The Hall–Kier alpha value is -1.83. The zero-order valence-electron chi connectivity index (χ0n) is 13.7. The van der Waals surface area contributed by atoms with Gasteiger partial charge < -0.3 is 30.4 Å². The molecule has 0 aliphatic rings. The molecule has 0 aliphatic heterocycles. The quantitative estimate of drug-likeness (QED) is 0.478. The lowest BCUT2D eigenvalue weighted by atomic mass is 10.2. The maximum atomic E-state index is 10.8. The van der Waals surface area contributed by atoms with Crippen molar-refractivity contribution in [2.75, 3.05) is 33.5 Å². The van der Waals surface area contributed by atoms with Gasteiger partial charge in [-0.15, -0.1) is 0 Å². The summed E-state index contributed by atoms with van der Waals surface area (Å²) in [4.78, 5) is 10.8. The monoisotopic (exact) mass is 326 g/mol. The Morgan fingerprint density at radius 1 is 1.22 bits per heavy atom. The fraction of sp³-hybridized carbons (Fsp3) is 0.562. The molecular formula is C16H26N2O5. The highest BCUT2D eigenvalue weighted by atomic mass is 16.5. The van der Waals surface area contributed by atoms with E-state index in [9.17, 15) is 9.90 Å². The van der Waals surface area contributed by atoms with Crippen molar-refractivity contribution in [3.63, 3.8) is 0 Å². The van der Waals surface area contributed by atoms with E-state index in [1.54, 1.807) is 31.4 Å². The fourth-order valence-corrected chi connectivity index (χ4v) is 1.84. The summed E-state index contributed by atoms with van der Waals surface area (Å²) in [6.07, 6.45) is -0.444. The van der Waals surface area contributed by atoms with Gasteiger partial charge in [0.2, 0.25) is 5.91 Å². The summed E-state index contributed by atoms with van der Waals surface area (Å²) in [7, 11) is 1.62. The number of nitrogens with two attached hydrogens (primary N) is 1. The van der Waals surface area contributed by atoms with Gasteiger partial charge in [0, 0.05) is 26.1 Å². The van der Waals surface area contributed by atoms with Crippen LogP contribution in [0.15, 0.2) is 24.3 Å². The number of amides is 1. The Bertz CT molecular complexity index is 452. The fourth-order valence-electron chi connectivity index (χ4n) is 1.84. The molecule has 130 valence electrons. The Labute approximate surface area is 136 Å². The van der Waals surface area contributed by atoms with E-state index in [0.717, 1.165) is 5.75 Å². The maximum Gasteiger partial charge on any atom is 0.218 e. The third-order valence-electron chi connectivity index (χ3n) is 3.03. The van der Waals surface area contributed by atoms with Crippen LogP contribution in [0.25, 0.3) is 0 Å². The maximum absolute atomic E-state index is 10.8. The van der Waals surface area contributed by atoms with Crippen molar-refractivity contribution in [2.24, 2.45) is 5.73 Å². The van der Waals surface area contributed by atoms with E-state index in [-0.39, 0.29) is 25.0 Å². The molecule has 7 nitrogen and oxygen atoms in total. The summed E-state index contributed by atoms with van der Waals surface area (Å²) in [5.74, 6) is 1.01. The molecule has 1 aromatic carbocycles. The number of primary amides is 1. The van der Waals surface area contributed by atoms with Gasteiger partial charge >= 0.3 is 0 Å². The van der Waals surface area contributed by atoms with Crippen molar-refractivity contribution in [1.29, 1.82) is 0 Å². The number of carbonyl (C=O) groups excluding carboxylic acids is 1. The number of rotatable bonds is 12. The third kappa shape index (κ3) is 9.02. The van der Waals surface area contributed by atoms with E-state index < -0.39 is 6.10 Å². The first-order chi connectivity index (χ1) is 11.0. The zero-order valence-corrected chi connectivity index (χ0v) is 13.7.